The first-order chi connectivity index (χ1) is 10.1. The number of hydrogen-bond acceptors (Lipinski definition) is 4. The van der Waals surface area contributed by atoms with Crippen LogP contribution in [0.4, 0.5) is 5.82 Å². The number of carbonyl (C=O) groups excluding carboxylic acids is 2. The summed E-state index contributed by atoms with van der Waals surface area (Å²) in [6.45, 7) is 3.39. The number of aromatic nitrogens is 1. The maximum absolute atomic E-state index is 12.3. The molecule has 0 bridgehead atoms. The summed E-state index contributed by atoms with van der Waals surface area (Å²) in [4.78, 5) is 31.9. The molecule has 1 atom stereocenters. The van der Waals surface area contributed by atoms with Gasteiger partial charge in [0.2, 0.25) is 11.8 Å². The molecule has 3 rings (SSSR count). The molecule has 2 aliphatic heterocycles. The molecule has 7 heteroatoms. The Hall–Kier alpha value is -1.63. The number of piperazine rings is 1. The van der Waals surface area contributed by atoms with Gasteiger partial charge in [0.25, 0.3) is 0 Å². The Morgan fingerprint density at radius 3 is 2.62 bits per heavy atom. The SMILES string of the molecule is O=C1CC(C(=O)N2CCN(c3ccc(Br)cn3)CC2)CN1. The predicted molar refractivity (Wildman–Crippen MR) is 81.8 cm³/mol. The minimum Gasteiger partial charge on any atom is -0.355 e. The largest absolute Gasteiger partial charge is 0.355 e. The summed E-state index contributed by atoms with van der Waals surface area (Å²) in [5, 5.41) is 2.72. The molecule has 2 aliphatic rings. The average Bonchev–Trinajstić information content (AvgIpc) is 2.94. The molecule has 21 heavy (non-hydrogen) atoms. The molecule has 6 nitrogen and oxygen atoms in total. The van der Waals surface area contributed by atoms with E-state index in [1.54, 1.807) is 6.20 Å². The van der Waals surface area contributed by atoms with Crippen LogP contribution in [0.1, 0.15) is 6.42 Å². The van der Waals surface area contributed by atoms with Crippen LogP contribution in [0, 0.1) is 5.92 Å². The molecule has 0 spiro atoms. The van der Waals surface area contributed by atoms with E-state index in [1.807, 2.05) is 17.0 Å². The summed E-state index contributed by atoms with van der Waals surface area (Å²) in [6, 6.07) is 3.94. The fraction of sp³-hybridized carbons (Fsp3) is 0.500. The Balaban J connectivity index is 1.56. The van der Waals surface area contributed by atoms with Crippen LogP contribution >= 0.6 is 15.9 Å². The lowest BCUT2D eigenvalue weighted by Crippen LogP contribution is -2.50. The van der Waals surface area contributed by atoms with Gasteiger partial charge in [-0.3, -0.25) is 9.59 Å². The average molecular weight is 353 g/mol. The zero-order valence-corrected chi connectivity index (χ0v) is 13.2. The number of amides is 2. The van der Waals surface area contributed by atoms with Gasteiger partial charge in [0.1, 0.15) is 5.82 Å². The van der Waals surface area contributed by atoms with Crippen molar-refractivity contribution in [1.82, 2.24) is 15.2 Å². The first-order valence-electron chi connectivity index (χ1n) is 7.05. The van der Waals surface area contributed by atoms with Crippen molar-refractivity contribution in [3.63, 3.8) is 0 Å². The second-order valence-corrected chi connectivity index (χ2v) is 6.27. The van der Waals surface area contributed by atoms with Gasteiger partial charge in [-0.1, -0.05) is 0 Å². The van der Waals surface area contributed by atoms with E-state index in [9.17, 15) is 9.59 Å². The van der Waals surface area contributed by atoms with E-state index < -0.39 is 0 Å². The summed E-state index contributed by atoms with van der Waals surface area (Å²) in [7, 11) is 0. The maximum atomic E-state index is 12.3. The number of pyridine rings is 1. The highest BCUT2D eigenvalue weighted by Gasteiger charge is 2.32. The third-order valence-electron chi connectivity index (χ3n) is 3.95. The maximum Gasteiger partial charge on any atom is 0.228 e. The van der Waals surface area contributed by atoms with Crippen LogP contribution in [-0.2, 0) is 9.59 Å². The normalized spacial score (nSPS) is 22.3. The van der Waals surface area contributed by atoms with E-state index >= 15 is 0 Å². The molecule has 0 aromatic carbocycles. The standard InChI is InChI=1S/C14H17BrN4O2/c15-11-1-2-12(16-9-11)18-3-5-19(6-4-18)14(21)10-7-13(20)17-8-10/h1-2,9-10H,3-8H2,(H,17,20). The molecule has 2 saturated heterocycles. The van der Waals surface area contributed by atoms with Crippen molar-refractivity contribution in [3.05, 3.63) is 22.8 Å². The lowest BCUT2D eigenvalue weighted by molar-refractivity contribution is -0.136. The topological polar surface area (TPSA) is 65.5 Å². The van der Waals surface area contributed by atoms with Crippen molar-refractivity contribution in [2.75, 3.05) is 37.6 Å². The minimum absolute atomic E-state index is 0.0222. The zero-order chi connectivity index (χ0) is 14.8. The molecule has 1 aromatic rings. The number of hydrogen-bond donors (Lipinski definition) is 1. The van der Waals surface area contributed by atoms with Crippen molar-refractivity contribution < 1.29 is 9.59 Å². The molecule has 0 aliphatic carbocycles. The third-order valence-corrected chi connectivity index (χ3v) is 4.42. The summed E-state index contributed by atoms with van der Waals surface area (Å²) < 4.78 is 0.957. The molecule has 112 valence electrons. The van der Waals surface area contributed by atoms with E-state index in [-0.39, 0.29) is 17.7 Å². The molecular formula is C14H17BrN4O2. The monoisotopic (exact) mass is 352 g/mol. The van der Waals surface area contributed by atoms with E-state index in [0.717, 1.165) is 23.4 Å². The van der Waals surface area contributed by atoms with Crippen molar-refractivity contribution in [2.24, 2.45) is 5.92 Å². The Labute approximate surface area is 131 Å². The smallest absolute Gasteiger partial charge is 0.228 e. The molecule has 3 heterocycles. The van der Waals surface area contributed by atoms with Crippen molar-refractivity contribution >= 4 is 33.6 Å². The van der Waals surface area contributed by atoms with Crippen LogP contribution in [0.2, 0.25) is 0 Å². The van der Waals surface area contributed by atoms with E-state index in [2.05, 4.69) is 31.1 Å². The van der Waals surface area contributed by atoms with Gasteiger partial charge >= 0.3 is 0 Å². The second kappa shape index (κ2) is 6.01. The third kappa shape index (κ3) is 3.18. The minimum atomic E-state index is -0.185. The van der Waals surface area contributed by atoms with Gasteiger partial charge in [0, 0.05) is 49.8 Å². The molecular weight excluding hydrogens is 336 g/mol. The highest BCUT2D eigenvalue weighted by Crippen LogP contribution is 2.18. The van der Waals surface area contributed by atoms with Gasteiger partial charge in [0.15, 0.2) is 0 Å². The van der Waals surface area contributed by atoms with Crippen molar-refractivity contribution in [3.8, 4) is 0 Å². The summed E-state index contributed by atoms with van der Waals surface area (Å²) in [5.41, 5.74) is 0. The van der Waals surface area contributed by atoms with E-state index in [1.165, 1.54) is 0 Å². The van der Waals surface area contributed by atoms with Crippen LogP contribution < -0.4 is 10.2 Å². The van der Waals surface area contributed by atoms with Crippen LogP contribution in [-0.4, -0.2) is 54.4 Å². The van der Waals surface area contributed by atoms with Crippen LogP contribution in [0.25, 0.3) is 0 Å². The predicted octanol–water partition coefficient (Wildman–Crippen LogP) is 0.629. The van der Waals surface area contributed by atoms with Gasteiger partial charge in [-0.25, -0.2) is 4.98 Å². The first kappa shape index (κ1) is 14.3. The molecule has 2 fully saturated rings. The molecule has 2 amide bonds. The Kier molecular flexibility index (Phi) is 4.10. The lowest BCUT2D eigenvalue weighted by Gasteiger charge is -2.36. The second-order valence-electron chi connectivity index (χ2n) is 5.35. The summed E-state index contributed by atoms with van der Waals surface area (Å²) >= 11 is 3.37. The molecule has 0 radical (unpaired) electrons. The van der Waals surface area contributed by atoms with Crippen molar-refractivity contribution in [1.29, 1.82) is 0 Å². The highest BCUT2D eigenvalue weighted by molar-refractivity contribution is 9.10. The Bertz CT molecular complexity index is 540. The number of nitrogens with zero attached hydrogens (tertiary/aromatic N) is 3. The number of carbonyl (C=O) groups is 2. The van der Waals surface area contributed by atoms with Gasteiger partial charge in [0.05, 0.1) is 5.92 Å². The fourth-order valence-corrected chi connectivity index (χ4v) is 2.98. The van der Waals surface area contributed by atoms with Gasteiger partial charge in [-0.15, -0.1) is 0 Å². The number of halogens is 1. The van der Waals surface area contributed by atoms with E-state index in [0.29, 0.717) is 26.1 Å². The van der Waals surface area contributed by atoms with Crippen LogP contribution in [0.3, 0.4) is 0 Å². The van der Waals surface area contributed by atoms with E-state index in [4.69, 9.17) is 0 Å². The highest BCUT2D eigenvalue weighted by atomic mass is 79.9. The summed E-state index contributed by atoms with van der Waals surface area (Å²) in [6.07, 6.45) is 2.11. The van der Waals surface area contributed by atoms with Crippen LogP contribution in [0.15, 0.2) is 22.8 Å². The van der Waals surface area contributed by atoms with Crippen molar-refractivity contribution in [2.45, 2.75) is 6.42 Å². The van der Waals surface area contributed by atoms with Gasteiger partial charge in [-0.05, 0) is 28.1 Å². The number of rotatable bonds is 2. The number of nitrogens with one attached hydrogen (secondary N) is 1. The fourth-order valence-electron chi connectivity index (χ4n) is 2.75. The molecule has 1 unspecified atom stereocenters. The first-order valence-corrected chi connectivity index (χ1v) is 7.85. The molecule has 1 aromatic heterocycles. The van der Waals surface area contributed by atoms with Gasteiger partial charge < -0.3 is 15.1 Å². The lowest BCUT2D eigenvalue weighted by atomic mass is 10.1. The van der Waals surface area contributed by atoms with Gasteiger partial charge in [-0.2, -0.15) is 0 Å². The number of anilines is 1. The zero-order valence-electron chi connectivity index (χ0n) is 11.6. The summed E-state index contributed by atoms with van der Waals surface area (Å²) in [5.74, 6) is 0.820. The molecule has 0 saturated carbocycles. The Morgan fingerprint density at radius 1 is 1.29 bits per heavy atom. The molecule has 1 N–H and O–H groups in total. The quantitative estimate of drug-likeness (QED) is 0.847. The Morgan fingerprint density at radius 2 is 2.05 bits per heavy atom. The van der Waals surface area contributed by atoms with Crippen LogP contribution in [0.5, 0.6) is 0 Å².